The minimum Gasteiger partial charge on any atom is -0.497 e. The number of nitrogens with zero attached hydrogens (tertiary/aromatic N) is 2. The number of amides is 1. The molecule has 0 saturated carbocycles. The Morgan fingerprint density at radius 1 is 0.966 bits per heavy atom. The van der Waals surface area contributed by atoms with Gasteiger partial charge in [0.2, 0.25) is 0 Å². The van der Waals surface area contributed by atoms with Gasteiger partial charge in [0.25, 0.3) is 5.91 Å². The molecule has 0 atom stereocenters. The minimum absolute atomic E-state index is 0.101. The molecule has 146 valence electrons. The number of carbonyl (C=O) groups excluding carboxylic acids is 1. The molecule has 0 N–H and O–H groups in total. The lowest BCUT2D eigenvalue weighted by molar-refractivity contribution is -0.119. The molecular weight excluding hydrogens is 384 g/mol. The van der Waals surface area contributed by atoms with Crippen LogP contribution in [-0.2, 0) is 4.79 Å². The van der Waals surface area contributed by atoms with Gasteiger partial charge in [-0.25, -0.2) is 4.98 Å². The van der Waals surface area contributed by atoms with E-state index in [9.17, 15) is 4.79 Å². The zero-order valence-corrected chi connectivity index (χ0v) is 17.0. The van der Waals surface area contributed by atoms with Crippen LogP contribution in [0, 0.1) is 6.92 Å². The van der Waals surface area contributed by atoms with Crippen LogP contribution in [0.4, 0.5) is 10.8 Å². The van der Waals surface area contributed by atoms with Gasteiger partial charge in [-0.15, -0.1) is 0 Å². The van der Waals surface area contributed by atoms with Gasteiger partial charge < -0.3 is 9.47 Å². The van der Waals surface area contributed by atoms with Gasteiger partial charge in [-0.1, -0.05) is 41.7 Å². The van der Waals surface area contributed by atoms with Gasteiger partial charge in [-0.05, 0) is 55.0 Å². The lowest BCUT2D eigenvalue weighted by Crippen LogP contribution is -2.31. The molecule has 0 aliphatic heterocycles. The number of carbonyl (C=O) groups is 1. The van der Waals surface area contributed by atoms with Crippen molar-refractivity contribution in [2.75, 3.05) is 18.6 Å². The van der Waals surface area contributed by atoms with E-state index in [0.717, 1.165) is 27.2 Å². The molecule has 0 bridgehead atoms. The number of benzene rings is 3. The van der Waals surface area contributed by atoms with Crippen molar-refractivity contribution in [1.82, 2.24) is 4.98 Å². The number of methoxy groups -OCH3 is 1. The Kier molecular flexibility index (Phi) is 5.44. The largest absolute Gasteiger partial charge is 0.497 e. The Balaban J connectivity index is 1.64. The Labute approximate surface area is 173 Å². The van der Waals surface area contributed by atoms with Crippen molar-refractivity contribution >= 4 is 38.3 Å². The van der Waals surface area contributed by atoms with E-state index < -0.39 is 0 Å². The summed E-state index contributed by atoms with van der Waals surface area (Å²) in [4.78, 5) is 19.5. The number of thiazole rings is 1. The molecule has 0 aliphatic carbocycles. The third kappa shape index (κ3) is 4.07. The maximum atomic E-state index is 13.2. The molecule has 0 radical (unpaired) electrons. The highest BCUT2D eigenvalue weighted by Crippen LogP contribution is 2.35. The summed E-state index contributed by atoms with van der Waals surface area (Å²) < 4.78 is 11.9. The van der Waals surface area contributed by atoms with E-state index in [4.69, 9.17) is 9.47 Å². The van der Waals surface area contributed by atoms with Crippen LogP contribution in [-0.4, -0.2) is 24.6 Å². The summed E-state index contributed by atoms with van der Waals surface area (Å²) in [6, 6.07) is 22.8. The lowest BCUT2D eigenvalue weighted by Gasteiger charge is -2.22. The first-order valence-electron chi connectivity index (χ1n) is 9.17. The molecule has 0 saturated heterocycles. The van der Waals surface area contributed by atoms with E-state index in [0.29, 0.717) is 10.9 Å². The third-order valence-corrected chi connectivity index (χ3v) is 5.52. The van der Waals surface area contributed by atoms with Gasteiger partial charge in [0.05, 0.1) is 23.0 Å². The summed E-state index contributed by atoms with van der Waals surface area (Å²) in [5.41, 5.74) is 2.66. The van der Waals surface area contributed by atoms with E-state index in [1.807, 2.05) is 55.5 Å². The van der Waals surface area contributed by atoms with Crippen molar-refractivity contribution in [3.63, 3.8) is 0 Å². The molecule has 3 aromatic carbocycles. The number of fused-ring (bicyclic) bond motifs is 1. The van der Waals surface area contributed by atoms with Crippen molar-refractivity contribution in [3.8, 4) is 11.5 Å². The number of hydrogen-bond acceptors (Lipinski definition) is 5. The molecule has 1 amide bonds. The highest BCUT2D eigenvalue weighted by molar-refractivity contribution is 7.22. The number of aromatic nitrogens is 1. The van der Waals surface area contributed by atoms with Crippen LogP contribution >= 0.6 is 11.3 Å². The minimum atomic E-state index is -0.186. The summed E-state index contributed by atoms with van der Waals surface area (Å²) in [5, 5.41) is 0.629. The molecule has 0 spiro atoms. The average Bonchev–Trinajstić information content (AvgIpc) is 3.18. The van der Waals surface area contributed by atoms with Crippen LogP contribution in [0.3, 0.4) is 0 Å². The average molecular weight is 404 g/mol. The fourth-order valence-corrected chi connectivity index (χ4v) is 3.99. The molecule has 5 nitrogen and oxygen atoms in total. The van der Waals surface area contributed by atoms with E-state index in [1.54, 1.807) is 36.3 Å². The Hall–Kier alpha value is -3.38. The maximum Gasteiger partial charge on any atom is 0.271 e. The van der Waals surface area contributed by atoms with Crippen molar-refractivity contribution in [3.05, 3.63) is 78.4 Å². The lowest BCUT2D eigenvalue weighted by atomic mass is 10.2. The highest BCUT2D eigenvalue weighted by Gasteiger charge is 2.23. The summed E-state index contributed by atoms with van der Waals surface area (Å²) in [6.45, 7) is 1.88. The summed E-state index contributed by atoms with van der Waals surface area (Å²) >= 11 is 1.49. The zero-order valence-electron chi connectivity index (χ0n) is 16.2. The number of rotatable bonds is 6. The molecule has 4 aromatic rings. The first-order valence-corrected chi connectivity index (χ1v) is 9.98. The van der Waals surface area contributed by atoms with Crippen molar-refractivity contribution < 1.29 is 14.3 Å². The molecule has 29 heavy (non-hydrogen) atoms. The second-order valence-corrected chi connectivity index (χ2v) is 7.45. The van der Waals surface area contributed by atoms with E-state index >= 15 is 0 Å². The smallest absolute Gasteiger partial charge is 0.271 e. The van der Waals surface area contributed by atoms with Gasteiger partial charge in [0.15, 0.2) is 11.7 Å². The predicted molar refractivity (Wildman–Crippen MR) is 116 cm³/mol. The van der Waals surface area contributed by atoms with E-state index in [1.165, 1.54) is 11.3 Å². The van der Waals surface area contributed by atoms with Crippen LogP contribution in [0.1, 0.15) is 5.56 Å². The van der Waals surface area contributed by atoms with Gasteiger partial charge in [-0.2, -0.15) is 0 Å². The molecule has 0 unspecified atom stereocenters. The highest BCUT2D eigenvalue weighted by atomic mass is 32.1. The number of ether oxygens (including phenoxy) is 2. The monoisotopic (exact) mass is 404 g/mol. The van der Waals surface area contributed by atoms with Crippen molar-refractivity contribution in [2.24, 2.45) is 0 Å². The summed E-state index contributed by atoms with van der Waals surface area (Å²) in [7, 11) is 1.61. The van der Waals surface area contributed by atoms with Gasteiger partial charge >= 0.3 is 0 Å². The van der Waals surface area contributed by atoms with Gasteiger partial charge in [-0.3, -0.25) is 9.69 Å². The van der Waals surface area contributed by atoms with Crippen molar-refractivity contribution in [1.29, 1.82) is 0 Å². The summed E-state index contributed by atoms with van der Waals surface area (Å²) in [6.07, 6.45) is 0. The molecule has 1 aromatic heterocycles. The SMILES string of the molecule is COc1ccc(OCC(=O)N(c2nc3ccccc3s2)c2ccccc2C)cc1. The normalized spacial score (nSPS) is 10.7. The second kappa shape index (κ2) is 8.32. The Morgan fingerprint density at radius 2 is 1.66 bits per heavy atom. The molecule has 0 aliphatic rings. The van der Waals surface area contributed by atoms with Crippen LogP contribution in [0.25, 0.3) is 10.2 Å². The predicted octanol–water partition coefficient (Wildman–Crippen LogP) is 5.36. The third-order valence-electron chi connectivity index (χ3n) is 4.50. The fourth-order valence-electron chi connectivity index (χ4n) is 3.00. The zero-order chi connectivity index (χ0) is 20.2. The Bertz CT molecular complexity index is 1110. The molecule has 0 fully saturated rings. The standard InChI is InChI=1S/C23H20N2O3S/c1-16-7-3-5-9-20(16)25(23-24-19-8-4-6-10-21(19)29-23)22(26)15-28-18-13-11-17(27-2)12-14-18/h3-14H,15H2,1-2H3. The summed E-state index contributed by atoms with van der Waals surface area (Å²) in [5.74, 6) is 1.15. The second-order valence-electron chi connectivity index (χ2n) is 6.44. The van der Waals surface area contributed by atoms with Crippen molar-refractivity contribution in [2.45, 2.75) is 6.92 Å². The van der Waals surface area contributed by atoms with Crippen LogP contribution < -0.4 is 14.4 Å². The number of para-hydroxylation sites is 2. The number of anilines is 2. The van der Waals surface area contributed by atoms with Crippen LogP contribution in [0.2, 0.25) is 0 Å². The number of aryl methyl sites for hydroxylation is 1. The quantitative estimate of drug-likeness (QED) is 0.434. The Morgan fingerprint density at radius 3 is 2.38 bits per heavy atom. The van der Waals surface area contributed by atoms with E-state index in [-0.39, 0.29) is 12.5 Å². The number of hydrogen-bond donors (Lipinski definition) is 0. The van der Waals surface area contributed by atoms with Gasteiger partial charge in [0, 0.05) is 0 Å². The topological polar surface area (TPSA) is 51.7 Å². The molecule has 4 rings (SSSR count). The molecular formula is C23H20N2O3S. The van der Waals surface area contributed by atoms with Crippen LogP contribution in [0.15, 0.2) is 72.8 Å². The first-order chi connectivity index (χ1) is 14.2. The maximum absolute atomic E-state index is 13.2. The van der Waals surface area contributed by atoms with Crippen LogP contribution in [0.5, 0.6) is 11.5 Å². The molecule has 6 heteroatoms. The first kappa shape index (κ1) is 19.0. The van der Waals surface area contributed by atoms with E-state index in [2.05, 4.69) is 4.98 Å². The molecule has 1 heterocycles. The fraction of sp³-hybridized carbons (Fsp3) is 0.130. The van der Waals surface area contributed by atoms with Gasteiger partial charge in [0.1, 0.15) is 11.5 Å².